The summed E-state index contributed by atoms with van der Waals surface area (Å²) in [5.74, 6) is 0.745. The first-order valence-corrected chi connectivity index (χ1v) is 7.96. The Balaban J connectivity index is 0.00000113. The lowest BCUT2D eigenvalue weighted by Gasteiger charge is -2.66. The van der Waals surface area contributed by atoms with Gasteiger partial charge in [-0.1, -0.05) is 0 Å². The Labute approximate surface area is 135 Å². The van der Waals surface area contributed by atoms with E-state index in [0.717, 1.165) is 18.8 Å². The molecule has 0 spiro atoms. The molecule has 7 heteroatoms. The number of carbonyl (C=O) groups is 1. The molecule has 0 aromatic carbocycles. The van der Waals surface area contributed by atoms with Gasteiger partial charge in [0.1, 0.15) is 0 Å². The van der Waals surface area contributed by atoms with E-state index in [1.165, 1.54) is 31.5 Å². The van der Waals surface area contributed by atoms with Crippen LogP contribution in [0, 0.1) is 11.3 Å². The Kier molecular flexibility index (Phi) is 3.21. The third kappa shape index (κ3) is 2.52. The molecule has 2 amide bonds. The van der Waals surface area contributed by atoms with Crippen LogP contribution in [-0.2, 0) is 6.54 Å². The minimum Gasteiger partial charge on any atom is -0.417 e. The van der Waals surface area contributed by atoms with Crippen LogP contribution in [0.4, 0.5) is 13.6 Å². The number of ether oxygens (including phenoxy) is 1. The molecule has 0 saturated heterocycles. The topological polar surface area (TPSA) is 63.2 Å². The Hall–Kier alpha value is -1.92. The second-order valence-electron chi connectivity index (χ2n) is 7.03. The second-order valence-corrected chi connectivity index (χ2v) is 7.03. The summed E-state index contributed by atoms with van der Waals surface area (Å²) in [6.07, 6.45) is 7.28. The number of hydrogen-bond donors (Lipinski definition) is 2. The van der Waals surface area contributed by atoms with Crippen LogP contribution in [0.3, 0.4) is 0 Å². The number of rotatable bonds is 6. The quantitative estimate of drug-likeness (QED) is 0.842. The lowest BCUT2D eigenvalue weighted by molar-refractivity contribution is -0.140. The lowest BCUT2D eigenvalue weighted by atomic mass is 9.40. The van der Waals surface area contributed by atoms with Gasteiger partial charge in [-0.15, -0.1) is 0 Å². The van der Waals surface area contributed by atoms with E-state index in [1.807, 2.05) is 0 Å². The van der Waals surface area contributed by atoms with Gasteiger partial charge in [-0.2, -0.15) is 8.78 Å². The second kappa shape index (κ2) is 5.04. The van der Waals surface area contributed by atoms with Gasteiger partial charge in [0, 0.05) is 27.2 Å². The highest BCUT2D eigenvalue weighted by Crippen LogP contribution is 2.74. The normalized spacial score (nSPS) is 29.3. The fourth-order valence-electron chi connectivity index (χ4n) is 4.14. The highest BCUT2D eigenvalue weighted by Gasteiger charge is 2.71. The number of hydrogen-bond acceptors (Lipinski definition) is 3. The largest absolute Gasteiger partial charge is 0.417 e. The summed E-state index contributed by atoms with van der Waals surface area (Å²) in [7, 11) is 0. The van der Waals surface area contributed by atoms with Gasteiger partial charge in [0.25, 0.3) is 0 Å². The molecule has 5 rings (SSSR count). The molecule has 4 aliphatic carbocycles. The van der Waals surface area contributed by atoms with E-state index < -0.39 is 6.61 Å². The molecule has 1 aromatic heterocycles. The zero-order chi connectivity index (χ0) is 16.1. The third-order valence-corrected chi connectivity index (χ3v) is 5.62. The van der Waals surface area contributed by atoms with Gasteiger partial charge in [-0.25, -0.2) is 9.78 Å². The van der Waals surface area contributed by atoms with Gasteiger partial charge in [0.2, 0.25) is 5.88 Å². The smallest absolute Gasteiger partial charge is 0.388 e. The number of halogens is 2. The van der Waals surface area contributed by atoms with E-state index in [2.05, 4.69) is 20.4 Å². The molecule has 128 valence electrons. The molecular formula is C16H23F2N3O2. The van der Waals surface area contributed by atoms with E-state index in [0.29, 0.717) is 11.0 Å². The maximum atomic E-state index is 12.2. The van der Waals surface area contributed by atoms with Crippen molar-refractivity contribution in [3.63, 3.8) is 0 Å². The number of urea groups is 1. The molecule has 0 unspecified atom stereocenters. The molecule has 4 fully saturated rings. The van der Waals surface area contributed by atoms with Gasteiger partial charge < -0.3 is 15.4 Å². The van der Waals surface area contributed by atoms with E-state index in [-0.39, 0.29) is 26.8 Å². The molecular weight excluding hydrogens is 304 g/mol. The highest BCUT2D eigenvalue weighted by atomic mass is 19.3. The summed E-state index contributed by atoms with van der Waals surface area (Å²) in [6, 6.07) is 2.87. The van der Waals surface area contributed by atoms with Crippen molar-refractivity contribution in [3.8, 4) is 5.88 Å². The number of alkyl halides is 2. The van der Waals surface area contributed by atoms with Crippen molar-refractivity contribution in [1.29, 1.82) is 0 Å². The van der Waals surface area contributed by atoms with E-state index in [9.17, 15) is 13.6 Å². The van der Waals surface area contributed by atoms with Crippen LogP contribution < -0.4 is 15.4 Å². The Morgan fingerprint density at radius 2 is 2.17 bits per heavy atom. The van der Waals surface area contributed by atoms with Crippen LogP contribution in [-0.4, -0.2) is 23.2 Å². The molecule has 0 radical (unpaired) electrons. The minimum absolute atomic E-state index is 0. The number of nitrogens with zero attached hydrogens (tertiary/aromatic N) is 1. The van der Waals surface area contributed by atoms with Gasteiger partial charge >= 0.3 is 12.6 Å². The summed E-state index contributed by atoms with van der Waals surface area (Å²) in [5, 5.41) is 5.94. The average molecular weight is 327 g/mol. The lowest BCUT2D eigenvalue weighted by Crippen LogP contribution is -2.66. The van der Waals surface area contributed by atoms with Crippen LogP contribution in [0.5, 0.6) is 5.88 Å². The van der Waals surface area contributed by atoms with Crippen molar-refractivity contribution in [3.05, 3.63) is 23.9 Å². The average Bonchev–Trinajstić information content (AvgIpc) is 3.12. The zero-order valence-corrected chi connectivity index (χ0v) is 12.6. The standard InChI is InChI=1S/C16H19F2N3O2.2H2/c17-13(18)23-12-5-10(1-4-19-12)9-20-14(22)21-16(2-3-16)15-6-11(7-15)8-15;;/h1,4-5,11,13H,2-3,6-9H2,(H2,20,21,22);2*1H. The molecule has 5 nitrogen and oxygen atoms in total. The number of nitrogens with one attached hydrogen (secondary N) is 2. The monoisotopic (exact) mass is 327 g/mol. The third-order valence-electron chi connectivity index (χ3n) is 5.62. The Morgan fingerprint density at radius 1 is 1.43 bits per heavy atom. The van der Waals surface area contributed by atoms with Gasteiger partial charge in [-0.3, -0.25) is 0 Å². The molecule has 1 heterocycles. The first kappa shape index (κ1) is 14.7. The molecule has 0 atom stereocenters. The Morgan fingerprint density at radius 3 is 2.74 bits per heavy atom. The van der Waals surface area contributed by atoms with Crippen molar-refractivity contribution in [1.82, 2.24) is 15.6 Å². The number of amides is 2. The summed E-state index contributed by atoms with van der Waals surface area (Å²) in [4.78, 5) is 15.9. The number of aromatic nitrogens is 1. The zero-order valence-electron chi connectivity index (χ0n) is 12.6. The molecule has 23 heavy (non-hydrogen) atoms. The van der Waals surface area contributed by atoms with E-state index >= 15 is 0 Å². The van der Waals surface area contributed by atoms with Crippen molar-refractivity contribution < 1.29 is 21.2 Å². The fourth-order valence-corrected chi connectivity index (χ4v) is 4.14. The van der Waals surface area contributed by atoms with Crippen LogP contribution in [0.2, 0.25) is 0 Å². The minimum atomic E-state index is -2.91. The van der Waals surface area contributed by atoms with Crippen molar-refractivity contribution in [2.75, 3.05) is 0 Å². The van der Waals surface area contributed by atoms with E-state index in [4.69, 9.17) is 0 Å². The molecule has 2 N–H and O–H groups in total. The van der Waals surface area contributed by atoms with E-state index in [1.54, 1.807) is 6.07 Å². The van der Waals surface area contributed by atoms with Crippen LogP contribution >= 0.6 is 0 Å². The van der Waals surface area contributed by atoms with Crippen LogP contribution in [0.1, 0.15) is 40.5 Å². The SMILES string of the molecule is O=C(NCc1ccnc(OC(F)F)c1)NC1(C23CC(C2)C3)CC1.[HH].[HH]. The molecule has 4 aliphatic rings. The molecule has 2 bridgehead atoms. The number of pyridine rings is 1. The summed E-state index contributed by atoms with van der Waals surface area (Å²) < 4.78 is 28.6. The van der Waals surface area contributed by atoms with Crippen molar-refractivity contribution in [2.24, 2.45) is 11.3 Å². The fraction of sp³-hybridized carbons (Fsp3) is 0.625. The van der Waals surface area contributed by atoms with Crippen molar-refractivity contribution in [2.45, 2.75) is 50.8 Å². The van der Waals surface area contributed by atoms with Gasteiger partial charge in [0.15, 0.2) is 0 Å². The number of carbonyl (C=O) groups excluding carboxylic acids is 1. The summed E-state index contributed by atoms with van der Waals surface area (Å²) in [6.45, 7) is -2.66. The molecule has 1 aromatic rings. The highest BCUT2D eigenvalue weighted by molar-refractivity contribution is 5.75. The van der Waals surface area contributed by atoms with Crippen molar-refractivity contribution >= 4 is 6.03 Å². The maximum Gasteiger partial charge on any atom is 0.388 e. The van der Waals surface area contributed by atoms with Gasteiger partial charge in [0.05, 0.1) is 0 Å². The summed E-state index contributed by atoms with van der Waals surface area (Å²) >= 11 is 0. The molecule has 0 aliphatic heterocycles. The first-order valence-electron chi connectivity index (χ1n) is 7.96. The Bertz CT molecular complexity index is 627. The van der Waals surface area contributed by atoms with Gasteiger partial charge in [-0.05, 0) is 55.1 Å². The first-order chi connectivity index (χ1) is 11.0. The van der Waals surface area contributed by atoms with Crippen LogP contribution in [0.15, 0.2) is 18.3 Å². The molecule has 4 saturated carbocycles. The maximum absolute atomic E-state index is 12.2. The summed E-state index contributed by atoms with van der Waals surface area (Å²) in [5.41, 5.74) is 1.04. The van der Waals surface area contributed by atoms with Crippen LogP contribution in [0.25, 0.3) is 0 Å². The predicted molar refractivity (Wildman–Crippen MR) is 82.2 cm³/mol. The predicted octanol–water partition coefficient (Wildman–Crippen LogP) is 3.31.